The number of rotatable bonds is 5. The number of amides is 1. The van der Waals surface area contributed by atoms with E-state index < -0.39 is 0 Å². The fourth-order valence-corrected chi connectivity index (χ4v) is 1.47. The van der Waals surface area contributed by atoms with Crippen LogP contribution in [0.3, 0.4) is 0 Å². The van der Waals surface area contributed by atoms with Gasteiger partial charge in [0.25, 0.3) is 0 Å². The van der Waals surface area contributed by atoms with Gasteiger partial charge in [-0.25, -0.2) is 0 Å². The van der Waals surface area contributed by atoms with Crippen molar-refractivity contribution in [2.75, 3.05) is 10.6 Å². The number of carbonyl (C=O) groups is 1. The van der Waals surface area contributed by atoms with Crippen LogP contribution < -0.4 is 10.6 Å². The normalized spacial score (nSPS) is 12.0. The van der Waals surface area contributed by atoms with Crippen molar-refractivity contribution in [1.29, 1.82) is 0 Å². The molecule has 0 radical (unpaired) electrons. The van der Waals surface area contributed by atoms with Crippen LogP contribution in [0.25, 0.3) is 0 Å². The molecule has 0 aromatic heterocycles. The van der Waals surface area contributed by atoms with Crippen LogP contribution in [-0.2, 0) is 4.79 Å². The third kappa shape index (κ3) is 4.10. The zero-order valence-electron chi connectivity index (χ0n) is 11.1. The van der Waals surface area contributed by atoms with Crippen molar-refractivity contribution in [2.45, 2.75) is 46.6 Å². The third-order valence-electron chi connectivity index (χ3n) is 2.86. The summed E-state index contributed by atoms with van der Waals surface area (Å²) in [7, 11) is 0. The van der Waals surface area contributed by atoms with Crippen LogP contribution in [-0.4, -0.2) is 11.9 Å². The number of hydrogen-bond acceptors (Lipinski definition) is 2. The largest absolute Gasteiger partial charge is 0.382 e. The van der Waals surface area contributed by atoms with E-state index in [0.717, 1.165) is 17.8 Å². The fourth-order valence-electron chi connectivity index (χ4n) is 1.47. The summed E-state index contributed by atoms with van der Waals surface area (Å²) < 4.78 is 0. The Balaban J connectivity index is 2.82. The van der Waals surface area contributed by atoms with Crippen LogP contribution in [0.15, 0.2) is 18.2 Å². The van der Waals surface area contributed by atoms with E-state index in [1.54, 1.807) is 0 Å². The maximum atomic E-state index is 11.3. The minimum absolute atomic E-state index is 0.0448. The number of benzene rings is 1. The van der Waals surface area contributed by atoms with Crippen LogP contribution in [0.1, 0.15) is 39.2 Å². The Morgan fingerprint density at radius 1 is 1.35 bits per heavy atom. The lowest BCUT2D eigenvalue weighted by molar-refractivity contribution is -0.115. The van der Waals surface area contributed by atoms with Gasteiger partial charge in [0.1, 0.15) is 0 Å². The SMILES string of the molecule is CCC(=O)Nc1ccc(C)c(NC(C)CC)c1. The molecule has 1 atom stereocenters. The van der Waals surface area contributed by atoms with Crippen molar-refractivity contribution in [1.82, 2.24) is 0 Å². The minimum atomic E-state index is 0.0448. The molecule has 3 nitrogen and oxygen atoms in total. The molecule has 1 unspecified atom stereocenters. The maximum Gasteiger partial charge on any atom is 0.224 e. The zero-order chi connectivity index (χ0) is 12.8. The number of anilines is 2. The first-order valence-electron chi connectivity index (χ1n) is 6.23. The molecule has 1 rings (SSSR count). The highest BCUT2D eigenvalue weighted by atomic mass is 16.1. The van der Waals surface area contributed by atoms with Gasteiger partial charge < -0.3 is 10.6 Å². The van der Waals surface area contributed by atoms with Gasteiger partial charge in [-0.15, -0.1) is 0 Å². The highest BCUT2D eigenvalue weighted by Gasteiger charge is 2.05. The molecular formula is C14H22N2O. The first kappa shape index (κ1) is 13.6. The molecule has 1 amide bonds. The molecule has 2 N–H and O–H groups in total. The van der Waals surface area contributed by atoms with E-state index in [-0.39, 0.29) is 5.91 Å². The summed E-state index contributed by atoms with van der Waals surface area (Å²) in [5, 5.41) is 6.31. The van der Waals surface area contributed by atoms with Crippen molar-refractivity contribution >= 4 is 17.3 Å². The highest BCUT2D eigenvalue weighted by Crippen LogP contribution is 2.21. The number of carbonyl (C=O) groups excluding carboxylic acids is 1. The Bertz CT molecular complexity index is 388. The van der Waals surface area contributed by atoms with Gasteiger partial charge in [0.05, 0.1) is 0 Å². The van der Waals surface area contributed by atoms with Crippen LogP contribution in [0.2, 0.25) is 0 Å². The zero-order valence-corrected chi connectivity index (χ0v) is 11.1. The van der Waals surface area contributed by atoms with Gasteiger partial charge in [0.15, 0.2) is 0 Å². The molecule has 0 bridgehead atoms. The molecule has 1 aromatic rings. The van der Waals surface area contributed by atoms with Gasteiger partial charge >= 0.3 is 0 Å². The van der Waals surface area contributed by atoms with E-state index in [0.29, 0.717) is 12.5 Å². The summed E-state index contributed by atoms with van der Waals surface area (Å²) in [6.45, 7) is 8.21. The summed E-state index contributed by atoms with van der Waals surface area (Å²) in [4.78, 5) is 11.3. The Hall–Kier alpha value is -1.51. The van der Waals surface area contributed by atoms with E-state index in [4.69, 9.17) is 0 Å². The van der Waals surface area contributed by atoms with Crippen molar-refractivity contribution in [3.8, 4) is 0 Å². The first-order chi connectivity index (χ1) is 8.06. The highest BCUT2D eigenvalue weighted by molar-refractivity contribution is 5.91. The average molecular weight is 234 g/mol. The molecule has 1 aromatic carbocycles. The smallest absolute Gasteiger partial charge is 0.224 e. The Morgan fingerprint density at radius 3 is 2.65 bits per heavy atom. The predicted octanol–water partition coefficient (Wildman–Crippen LogP) is 3.55. The fraction of sp³-hybridized carbons (Fsp3) is 0.500. The standard InChI is InChI=1S/C14H22N2O/c1-5-11(4)15-13-9-12(8-7-10(13)3)16-14(17)6-2/h7-9,11,15H,5-6H2,1-4H3,(H,16,17). The van der Waals surface area contributed by atoms with Gasteiger partial charge in [0.2, 0.25) is 5.91 Å². The lowest BCUT2D eigenvalue weighted by atomic mass is 10.1. The van der Waals surface area contributed by atoms with E-state index in [1.165, 1.54) is 5.56 Å². The molecule has 3 heteroatoms. The topological polar surface area (TPSA) is 41.1 Å². The van der Waals surface area contributed by atoms with Crippen LogP contribution in [0.5, 0.6) is 0 Å². The molecule has 0 saturated heterocycles. The van der Waals surface area contributed by atoms with Gasteiger partial charge in [0, 0.05) is 23.8 Å². The monoisotopic (exact) mass is 234 g/mol. The Labute approximate surface area is 104 Å². The van der Waals surface area contributed by atoms with Crippen LogP contribution in [0, 0.1) is 6.92 Å². The molecule has 0 aliphatic heterocycles. The minimum Gasteiger partial charge on any atom is -0.382 e. The molecule has 0 spiro atoms. The molecule has 0 aliphatic carbocycles. The number of hydrogen-bond donors (Lipinski definition) is 2. The van der Waals surface area contributed by atoms with Crippen molar-refractivity contribution in [3.05, 3.63) is 23.8 Å². The maximum absolute atomic E-state index is 11.3. The predicted molar refractivity (Wildman–Crippen MR) is 73.5 cm³/mol. The Morgan fingerprint density at radius 2 is 2.06 bits per heavy atom. The van der Waals surface area contributed by atoms with Gasteiger partial charge in [-0.2, -0.15) is 0 Å². The van der Waals surface area contributed by atoms with Gasteiger partial charge in [-0.3, -0.25) is 4.79 Å². The molecule has 0 fully saturated rings. The summed E-state index contributed by atoms with van der Waals surface area (Å²) >= 11 is 0. The molecule has 17 heavy (non-hydrogen) atoms. The Kier molecular flexibility index (Phi) is 5.01. The average Bonchev–Trinajstić information content (AvgIpc) is 2.33. The van der Waals surface area contributed by atoms with E-state index in [2.05, 4.69) is 31.4 Å². The van der Waals surface area contributed by atoms with Crippen molar-refractivity contribution < 1.29 is 4.79 Å². The summed E-state index contributed by atoms with van der Waals surface area (Å²) in [6.07, 6.45) is 1.58. The number of nitrogens with one attached hydrogen (secondary N) is 2. The molecule has 94 valence electrons. The van der Waals surface area contributed by atoms with Crippen molar-refractivity contribution in [2.24, 2.45) is 0 Å². The van der Waals surface area contributed by atoms with Crippen LogP contribution in [0.4, 0.5) is 11.4 Å². The quantitative estimate of drug-likeness (QED) is 0.818. The van der Waals surface area contributed by atoms with Crippen LogP contribution >= 0.6 is 0 Å². The second kappa shape index (κ2) is 6.28. The second-order valence-electron chi connectivity index (χ2n) is 4.39. The molecular weight excluding hydrogens is 212 g/mol. The van der Waals surface area contributed by atoms with E-state index in [1.807, 2.05) is 25.1 Å². The lowest BCUT2D eigenvalue weighted by Gasteiger charge is -2.16. The lowest BCUT2D eigenvalue weighted by Crippen LogP contribution is -2.15. The first-order valence-corrected chi connectivity index (χ1v) is 6.23. The van der Waals surface area contributed by atoms with Gasteiger partial charge in [-0.05, 0) is 38.0 Å². The van der Waals surface area contributed by atoms with E-state index in [9.17, 15) is 4.79 Å². The summed E-state index contributed by atoms with van der Waals surface area (Å²) in [6, 6.07) is 6.39. The molecule has 0 saturated carbocycles. The third-order valence-corrected chi connectivity index (χ3v) is 2.86. The molecule has 0 aliphatic rings. The molecule has 0 heterocycles. The van der Waals surface area contributed by atoms with Gasteiger partial charge in [-0.1, -0.05) is 19.9 Å². The van der Waals surface area contributed by atoms with Crippen molar-refractivity contribution in [3.63, 3.8) is 0 Å². The number of aryl methyl sites for hydroxylation is 1. The summed E-state index contributed by atoms with van der Waals surface area (Å²) in [5.74, 6) is 0.0448. The summed E-state index contributed by atoms with van der Waals surface area (Å²) in [5.41, 5.74) is 3.14. The van der Waals surface area contributed by atoms with E-state index >= 15 is 0 Å². The second-order valence-corrected chi connectivity index (χ2v) is 4.39.